The SMILES string of the molecule is CC1(C)OB(c2cc(N)ccc2N)OC1(C)C. The van der Waals surface area contributed by atoms with E-state index >= 15 is 0 Å². The summed E-state index contributed by atoms with van der Waals surface area (Å²) in [7, 11) is -0.455. The first-order chi connectivity index (χ1) is 7.73. The fourth-order valence-electron chi connectivity index (χ4n) is 1.77. The van der Waals surface area contributed by atoms with Gasteiger partial charge in [0.2, 0.25) is 0 Å². The molecular formula is C12H19BN2O2. The van der Waals surface area contributed by atoms with Gasteiger partial charge in [0.1, 0.15) is 0 Å². The van der Waals surface area contributed by atoms with E-state index in [1.54, 1.807) is 18.2 Å². The van der Waals surface area contributed by atoms with Crippen LogP contribution in [0.15, 0.2) is 18.2 Å². The van der Waals surface area contributed by atoms with Crippen molar-refractivity contribution in [3.05, 3.63) is 18.2 Å². The van der Waals surface area contributed by atoms with Gasteiger partial charge in [-0.2, -0.15) is 0 Å². The monoisotopic (exact) mass is 234 g/mol. The van der Waals surface area contributed by atoms with Gasteiger partial charge in [-0.25, -0.2) is 0 Å². The van der Waals surface area contributed by atoms with Gasteiger partial charge in [0.05, 0.1) is 11.2 Å². The fourth-order valence-corrected chi connectivity index (χ4v) is 1.77. The Labute approximate surface area is 102 Å². The molecule has 0 atom stereocenters. The molecule has 92 valence electrons. The third-order valence-electron chi connectivity index (χ3n) is 3.62. The average molecular weight is 234 g/mol. The third kappa shape index (κ3) is 2.00. The number of anilines is 2. The molecule has 4 N–H and O–H groups in total. The van der Waals surface area contributed by atoms with Crippen molar-refractivity contribution >= 4 is 24.0 Å². The molecule has 0 amide bonds. The molecule has 2 rings (SSSR count). The van der Waals surface area contributed by atoms with Crippen LogP contribution in [0.25, 0.3) is 0 Å². The number of hydrogen-bond donors (Lipinski definition) is 2. The highest BCUT2D eigenvalue weighted by Crippen LogP contribution is 2.36. The number of hydrogen-bond acceptors (Lipinski definition) is 4. The van der Waals surface area contributed by atoms with Crippen LogP contribution in [-0.4, -0.2) is 18.3 Å². The molecule has 0 aliphatic carbocycles. The molecule has 0 aromatic heterocycles. The van der Waals surface area contributed by atoms with E-state index in [1.807, 2.05) is 27.7 Å². The maximum absolute atomic E-state index is 5.93. The summed E-state index contributed by atoms with van der Waals surface area (Å²) < 4.78 is 11.9. The Morgan fingerprint density at radius 3 is 2.06 bits per heavy atom. The van der Waals surface area contributed by atoms with Crippen molar-refractivity contribution in [2.24, 2.45) is 0 Å². The number of nitrogen functional groups attached to an aromatic ring is 2. The van der Waals surface area contributed by atoms with Crippen LogP contribution in [0.3, 0.4) is 0 Å². The molecule has 0 spiro atoms. The first-order valence-electron chi connectivity index (χ1n) is 5.73. The maximum atomic E-state index is 5.93. The van der Waals surface area contributed by atoms with E-state index in [0.717, 1.165) is 5.46 Å². The minimum Gasteiger partial charge on any atom is -0.399 e. The second-order valence-electron chi connectivity index (χ2n) is 5.48. The molecule has 1 aromatic carbocycles. The first kappa shape index (κ1) is 12.3. The summed E-state index contributed by atoms with van der Waals surface area (Å²) in [4.78, 5) is 0. The quantitative estimate of drug-likeness (QED) is 0.564. The summed E-state index contributed by atoms with van der Waals surface area (Å²) in [6.45, 7) is 8.04. The van der Waals surface area contributed by atoms with Gasteiger partial charge in [-0.3, -0.25) is 0 Å². The molecule has 1 aromatic rings. The van der Waals surface area contributed by atoms with Gasteiger partial charge in [-0.15, -0.1) is 0 Å². The summed E-state index contributed by atoms with van der Waals surface area (Å²) in [6, 6.07) is 5.34. The van der Waals surface area contributed by atoms with Crippen LogP contribution in [0, 0.1) is 0 Å². The van der Waals surface area contributed by atoms with Gasteiger partial charge in [0.15, 0.2) is 0 Å². The zero-order chi connectivity index (χ0) is 12.8. The van der Waals surface area contributed by atoms with Crippen LogP contribution < -0.4 is 16.9 Å². The minimum atomic E-state index is -0.455. The summed E-state index contributed by atoms with van der Waals surface area (Å²) >= 11 is 0. The Morgan fingerprint density at radius 2 is 1.53 bits per heavy atom. The van der Waals surface area contributed by atoms with E-state index in [-0.39, 0.29) is 11.2 Å². The van der Waals surface area contributed by atoms with Crippen molar-refractivity contribution in [3.8, 4) is 0 Å². The molecule has 17 heavy (non-hydrogen) atoms. The molecule has 1 heterocycles. The van der Waals surface area contributed by atoms with Crippen molar-refractivity contribution in [1.82, 2.24) is 0 Å². The molecule has 1 saturated heterocycles. The summed E-state index contributed by atoms with van der Waals surface area (Å²) in [5.41, 5.74) is 13.0. The Hall–Kier alpha value is -1.20. The zero-order valence-corrected chi connectivity index (χ0v) is 10.8. The van der Waals surface area contributed by atoms with Crippen molar-refractivity contribution < 1.29 is 9.31 Å². The Balaban J connectivity index is 2.35. The lowest BCUT2D eigenvalue weighted by Crippen LogP contribution is -2.41. The molecule has 5 heteroatoms. The normalized spacial score (nSPS) is 21.8. The third-order valence-corrected chi connectivity index (χ3v) is 3.62. The van der Waals surface area contributed by atoms with Crippen molar-refractivity contribution in [2.75, 3.05) is 11.5 Å². The van der Waals surface area contributed by atoms with Crippen molar-refractivity contribution in [1.29, 1.82) is 0 Å². The predicted molar refractivity (Wildman–Crippen MR) is 71.0 cm³/mol. The van der Waals surface area contributed by atoms with E-state index in [9.17, 15) is 0 Å². The highest BCUT2D eigenvalue weighted by molar-refractivity contribution is 6.64. The smallest absolute Gasteiger partial charge is 0.399 e. The molecule has 0 unspecified atom stereocenters. The molecule has 4 nitrogen and oxygen atoms in total. The van der Waals surface area contributed by atoms with Crippen molar-refractivity contribution in [2.45, 2.75) is 38.9 Å². The highest BCUT2D eigenvalue weighted by Gasteiger charge is 2.52. The lowest BCUT2D eigenvalue weighted by atomic mass is 9.77. The maximum Gasteiger partial charge on any atom is 0.497 e. The largest absolute Gasteiger partial charge is 0.497 e. The lowest BCUT2D eigenvalue weighted by molar-refractivity contribution is 0.00578. The van der Waals surface area contributed by atoms with E-state index in [2.05, 4.69) is 0 Å². The molecular weight excluding hydrogens is 215 g/mol. The Bertz CT molecular complexity index is 430. The van der Waals surface area contributed by atoms with Gasteiger partial charge in [0, 0.05) is 16.8 Å². The van der Waals surface area contributed by atoms with E-state index in [4.69, 9.17) is 20.8 Å². The number of nitrogens with two attached hydrogens (primary N) is 2. The number of rotatable bonds is 1. The van der Waals surface area contributed by atoms with Crippen LogP contribution in [0.2, 0.25) is 0 Å². The summed E-state index contributed by atoms with van der Waals surface area (Å²) in [6.07, 6.45) is 0. The molecule has 1 aliphatic rings. The van der Waals surface area contributed by atoms with Crippen LogP contribution in [0.1, 0.15) is 27.7 Å². The fraction of sp³-hybridized carbons (Fsp3) is 0.500. The summed E-state index contributed by atoms with van der Waals surface area (Å²) in [5.74, 6) is 0. The van der Waals surface area contributed by atoms with Crippen LogP contribution >= 0.6 is 0 Å². The number of benzene rings is 1. The van der Waals surface area contributed by atoms with Crippen LogP contribution in [0.4, 0.5) is 11.4 Å². The molecule has 0 saturated carbocycles. The van der Waals surface area contributed by atoms with Gasteiger partial charge in [-0.05, 0) is 45.9 Å². The first-order valence-corrected chi connectivity index (χ1v) is 5.73. The van der Waals surface area contributed by atoms with E-state index < -0.39 is 7.12 Å². The molecule has 0 bridgehead atoms. The molecule has 0 radical (unpaired) electrons. The lowest BCUT2D eigenvalue weighted by Gasteiger charge is -2.32. The second kappa shape index (κ2) is 3.65. The molecule has 1 aliphatic heterocycles. The average Bonchev–Trinajstić information content (AvgIpc) is 2.40. The van der Waals surface area contributed by atoms with Crippen LogP contribution in [-0.2, 0) is 9.31 Å². The van der Waals surface area contributed by atoms with E-state index in [0.29, 0.717) is 11.4 Å². The Kier molecular flexibility index (Phi) is 2.63. The van der Waals surface area contributed by atoms with E-state index in [1.165, 1.54) is 0 Å². The van der Waals surface area contributed by atoms with Gasteiger partial charge < -0.3 is 20.8 Å². The van der Waals surface area contributed by atoms with Gasteiger partial charge >= 0.3 is 7.12 Å². The predicted octanol–water partition coefficient (Wildman–Crippen LogP) is 1.15. The Morgan fingerprint density at radius 1 is 1.00 bits per heavy atom. The second-order valence-corrected chi connectivity index (χ2v) is 5.48. The standard InChI is InChI=1S/C12H19BN2O2/c1-11(2)12(3,4)17-13(16-11)9-7-8(14)5-6-10(9)15/h5-7H,14-15H2,1-4H3. The van der Waals surface area contributed by atoms with Crippen LogP contribution in [0.5, 0.6) is 0 Å². The summed E-state index contributed by atoms with van der Waals surface area (Å²) in [5, 5.41) is 0. The van der Waals surface area contributed by atoms with Gasteiger partial charge in [0.25, 0.3) is 0 Å². The topological polar surface area (TPSA) is 70.5 Å². The zero-order valence-electron chi connectivity index (χ0n) is 10.8. The molecule has 1 fully saturated rings. The minimum absolute atomic E-state index is 0.366. The van der Waals surface area contributed by atoms with Crippen molar-refractivity contribution in [3.63, 3.8) is 0 Å². The highest BCUT2D eigenvalue weighted by atomic mass is 16.7. The van der Waals surface area contributed by atoms with Gasteiger partial charge in [-0.1, -0.05) is 0 Å².